The van der Waals surface area contributed by atoms with Crippen LogP contribution in [-0.4, -0.2) is 28.1 Å². The number of hydrogen-bond donors (Lipinski definition) is 1. The molecule has 0 saturated carbocycles. The first-order valence-electron chi connectivity index (χ1n) is 6.87. The van der Waals surface area contributed by atoms with Crippen molar-refractivity contribution in [2.75, 3.05) is 12.3 Å². The Morgan fingerprint density at radius 1 is 1.00 bits per heavy atom. The fraction of sp³-hybridized carbons (Fsp3) is 0.133. The molecule has 0 aliphatic carbocycles. The number of benzene rings is 2. The van der Waals surface area contributed by atoms with E-state index >= 15 is 0 Å². The number of hydrogen-bond acceptors (Lipinski definition) is 6. The van der Waals surface area contributed by atoms with Gasteiger partial charge in [-0.05, 0) is 12.1 Å². The zero-order valence-electron chi connectivity index (χ0n) is 12.4. The van der Waals surface area contributed by atoms with Crippen molar-refractivity contribution in [3.63, 3.8) is 0 Å². The average Bonchev–Trinajstić information content (AvgIpc) is 2.59. The summed E-state index contributed by atoms with van der Waals surface area (Å²) in [6, 6.07) is 12.5. The van der Waals surface area contributed by atoms with Crippen LogP contribution in [0.1, 0.15) is 10.4 Å². The van der Waals surface area contributed by atoms with Crippen LogP contribution in [0.3, 0.4) is 0 Å². The predicted molar refractivity (Wildman–Crippen MR) is 89.3 cm³/mol. The number of carbonyl (C=O) groups is 1. The third kappa shape index (κ3) is 4.78. The second-order valence-electron chi connectivity index (χ2n) is 4.67. The van der Waals surface area contributed by atoms with Gasteiger partial charge in [0.25, 0.3) is 17.3 Å². The first-order valence-corrected chi connectivity index (χ1v) is 7.86. The Bertz CT molecular complexity index is 735. The lowest BCUT2D eigenvalue weighted by Crippen LogP contribution is -2.25. The van der Waals surface area contributed by atoms with Gasteiger partial charge in [0.15, 0.2) is 0 Å². The van der Waals surface area contributed by atoms with Gasteiger partial charge in [-0.25, -0.2) is 0 Å². The quantitative estimate of drug-likeness (QED) is 0.356. The van der Waals surface area contributed by atoms with Gasteiger partial charge >= 0.3 is 0 Å². The minimum absolute atomic E-state index is 0.111. The lowest BCUT2D eigenvalue weighted by atomic mass is 10.1. The Kier molecular flexibility index (Phi) is 5.85. The lowest BCUT2D eigenvalue weighted by Gasteiger charge is -2.05. The fourth-order valence-corrected chi connectivity index (χ4v) is 2.68. The van der Waals surface area contributed by atoms with E-state index in [1.54, 1.807) is 11.8 Å². The molecule has 9 heteroatoms. The van der Waals surface area contributed by atoms with Crippen molar-refractivity contribution in [2.45, 2.75) is 4.90 Å². The maximum absolute atomic E-state index is 12.0. The molecule has 0 aromatic heterocycles. The van der Waals surface area contributed by atoms with Crippen LogP contribution >= 0.6 is 11.8 Å². The molecule has 0 bridgehead atoms. The Balaban J connectivity index is 1.98. The summed E-state index contributed by atoms with van der Waals surface area (Å²) in [5.74, 6) is 0.0164. The van der Waals surface area contributed by atoms with Crippen molar-refractivity contribution in [3.05, 3.63) is 74.3 Å². The molecule has 0 aliphatic rings. The van der Waals surface area contributed by atoms with Gasteiger partial charge in [-0.1, -0.05) is 18.2 Å². The largest absolute Gasteiger partial charge is 0.351 e. The van der Waals surface area contributed by atoms with Gasteiger partial charge in [-0.2, -0.15) is 0 Å². The van der Waals surface area contributed by atoms with Crippen LogP contribution in [0.5, 0.6) is 0 Å². The van der Waals surface area contributed by atoms with Gasteiger partial charge < -0.3 is 5.32 Å². The van der Waals surface area contributed by atoms with Crippen LogP contribution in [-0.2, 0) is 0 Å². The smallest absolute Gasteiger partial charge is 0.277 e. The third-order valence-corrected chi connectivity index (χ3v) is 4.00. The number of nitrogens with one attached hydrogen (secondary N) is 1. The van der Waals surface area contributed by atoms with Gasteiger partial charge in [0.1, 0.15) is 0 Å². The van der Waals surface area contributed by atoms with E-state index in [1.165, 1.54) is 0 Å². The second kappa shape index (κ2) is 8.06. The van der Waals surface area contributed by atoms with E-state index < -0.39 is 27.1 Å². The second-order valence-corrected chi connectivity index (χ2v) is 5.84. The van der Waals surface area contributed by atoms with E-state index in [0.717, 1.165) is 23.1 Å². The van der Waals surface area contributed by atoms with Crippen molar-refractivity contribution in [1.29, 1.82) is 0 Å². The minimum atomic E-state index is -0.769. The summed E-state index contributed by atoms with van der Waals surface area (Å²) < 4.78 is 0. The number of thioether (sulfide) groups is 1. The number of nitro benzene ring substituents is 2. The molecule has 0 radical (unpaired) electrons. The number of non-ortho nitro benzene ring substituents is 2. The highest BCUT2D eigenvalue weighted by molar-refractivity contribution is 7.99. The number of nitrogens with zero attached hydrogens (tertiary/aromatic N) is 2. The van der Waals surface area contributed by atoms with E-state index in [9.17, 15) is 25.0 Å². The number of carbonyl (C=O) groups excluding carboxylic acids is 1. The third-order valence-electron chi connectivity index (χ3n) is 2.99. The SMILES string of the molecule is O=C(NCCSc1ccccc1)c1cc([N+](=O)[O-])cc([N+](=O)[O-])c1. The van der Waals surface area contributed by atoms with Crippen molar-refractivity contribution in [3.8, 4) is 0 Å². The van der Waals surface area contributed by atoms with E-state index in [4.69, 9.17) is 0 Å². The molecule has 0 unspecified atom stereocenters. The summed E-state index contributed by atoms with van der Waals surface area (Å²) in [7, 11) is 0. The molecule has 2 aromatic carbocycles. The molecular weight excluding hydrogens is 334 g/mol. The molecule has 124 valence electrons. The summed E-state index contributed by atoms with van der Waals surface area (Å²) in [6.07, 6.45) is 0. The van der Waals surface area contributed by atoms with Gasteiger partial charge in [0.2, 0.25) is 0 Å². The van der Waals surface area contributed by atoms with E-state index in [2.05, 4.69) is 5.32 Å². The summed E-state index contributed by atoms with van der Waals surface area (Å²) in [4.78, 5) is 33.2. The maximum atomic E-state index is 12.0. The van der Waals surface area contributed by atoms with Crippen molar-refractivity contribution in [2.24, 2.45) is 0 Å². The van der Waals surface area contributed by atoms with Crippen LogP contribution in [0.4, 0.5) is 11.4 Å². The van der Waals surface area contributed by atoms with Crippen LogP contribution in [0.15, 0.2) is 53.4 Å². The molecule has 0 aliphatic heterocycles. The molecule has 24 heavy (non-hydrogen) atoms. The Hall–Kier alpha value is -2.94. The first kappa shape index (κ1) is 17.4. The highest BCUT2D eigenvalue weighted by Crippen LogP contribution is 2.22. The fourth-order valence-electron chi connectivity index (χ4n) is 1.89. The van der Waals surface area contributed by atoms with Gasteiger partial charge in [0, 0.05) is 29.3 Å². The molecule has 2 rings (SSSR count). The summed E-state index contributed by atoms with van der Waals surface area (Å²) in [5.41, 5.74) is -1.10. The lowest BCUT2D eigenvalue weighted by molar-refractivity contribution is -0.394. The van der Waals surface area contributed by atoms with Crippen LogP contribution < -0.4 is 5.32 Å². The van der Waals surface area contributed by atoms with E-state index in [-0.39, 0.29) is 5.56 Å². The van der Waals surface area contributed by atoms with Crippen molar-refractivity contribution >= 4 is 29.0 Å². The predicted octanol–water partition coefficient (Wildman–Crippen LogP) is 3.03. The number of amides is 1. The highest BCUT2D eigenvalue weighted by atomic mass is 32.2. The zero-order chi connectivity index (χ0) is 17.5. The van der Waals surface area contributed by atoms with Crippen molar-refractivity contribution < 1.29 is 14.6 Å². The molecule has 1 N–H and O–H groups in total. The molecule has 0 fully saturated rings. The Morgan fingerprint density at radius 3 is 2.12 bits per heavy atom. The summed E-state index contributed by atoms with van der Waals surface area (Å²) in [5, 5.41) is 24.2. The Morgan fingerprint density at radius 2 is 1.58 bits per heavy atom. The molecule has 0 heterocycles. The normalized spacial score (nSPS) is 10.2. The molecule has 8 nitrogen and oxygen atoms in total. The molecular formula is C15H13N3O5S. The van der Waals surface area contributed by atoms with Crippen molar-refractivity contribution in [1.82, 2.24) is 5.32 Å². The molecule has 0 atom stereocenters. The van der Waals surface area contributed by atoms with Gasteiger partial charge in [0.05, 0.1) is 21.5 Å². The average molecular weight is 347 g/mol. The topological polar surface area (TPSA) is 115 Å². The maximum Gasteiger partial charge on any atom is 0.277 e. The standard InChI is InChI=1S/C15H13N3O5S/c19-15(16-6-7-24-14-4-2-1-3-5-14)11-8-12(17(20)21)10-13(9-11)18(22)23/h1-5,8-10H,6-7H2,(H,16,19). The van der Waals surface area contributed by atoms with Crippen LogP contribution in [0, 0.1) is 20.2 Å². The first-order chi connectivity index (χ1) is 11.5. The minimum Gasteiger partial charge on any atom is -0.351 e. The number of nitro groups is 2. The van der Waals surface area contributed by atoms with Gasteiger partial charge in [-0.3, -0.25) is 25.0 Å². The molecule has 2 aromatic rings. The summed E-state index contributed by atoms with van der Waals surface area (Å²) >= 11 is 1.54. The van der Waals surface area contributed by atoms with Gasteiger partial charge in [-0.15, -0.1) is 11.8 Å². The van der Waals surface area contributed by atoms with E-state index in [0.29, 0.717) is 12.3 Å². The van der Waals surface area contributed by atoms with Crippen LogP contribution in [0.25, 0.3) is 0 Å². The molecule has 0 saturated heterocycles. The Labute approximate surface area is 141 Å². The van der Waals surface area contributed by atoms with Crippen LogP contribution in [0.2, 0.25) is 0 Å². The molecule has 0 spiro atoms. The highest BCUT2D eigenvalue weighted by Gasteiger charge is 2.19. The summed E-state index contributed by atoms with van der Waals surface area (Å²) in [6.45, 7) is 0.328. The zero-order valence-corrected chi connectivity index (χ0v) is 13.2. The molecule has 1 amide bonds. The van der Waals surface area contributed by atoms with E-state index in [1.807, 2.05) is 30.3 Å². The monoisotopic (exact) mass is 347 g/mol. The number of rotatable bonds is 7.